The molecule has 230 valence electrons. The molecule has 7 rings (SSSR count). The Labute approximate surface area is 260 Å². The normalized spacial score (nSPS) is 15.6. The van der Waals surface area contributed by atoms with Crippen molar-refractivity contribution in [3.8, 4) is 28.1 Å². The molecular formula is C32H27ClF2N6O4. The maximum Gasteiger partial charge on any atom is 0.487 e. The second-order valence-corrected chi connectivity index (χ2v) is 12.0. The summed E-state index contributed by atoms with van der Waals surface area (Å²) in [6.45, 7) is 6.57. The lowest BCUT2D eigenvalue weighted by molar-refractivity contribution is -0.0964. The Kier molecular flexibility index (Phi) is 6.93. The van der Waals surface area contributed by atoms with Crippen LogP contribution in [-0.2, 0) is 17.8 Å². The Balaban J connectivity index is 1.30. The summed E-state index contributed by atoms with van der Waals surface area (Å²) in [7, 11) is 0. The molecule has 1 amide bonds. The quantitative estimate of drug-likeness (QED) is 0.204. The van der Waals surface area contributed by atoms with Gasteiger partial charge in [-0.15, -0.1) is 8.78 Å². The minimum atomic E-state index is -3.84. The molecular weight excluding hydrogens is 606 g/mol. The minimum Gasteiger partial charge on any atom is -0.420 e. The molecule has 13 heteroatoms. The van der Waals surface area contributed by atoms with Gasteiger partial charge in [-0.3, -0.25) is 14.6 Å². The van der Waals surface area contributed by atoms with E-state index in [9.17, 15) is 18.4 Å². The Morgan fingerprint density at radius 2 is 1.93 bits per heavy atom. The molecule has 1 aliphatic heterocycles. The van der Waals surface area contributed by atoms with Gasteiger partial charge in [-0.05, 0) is 49.4 Å². The number of anilines is 1. The molecule has 2 aliphatic rings. The van der Waals surface area contributed by atoms with Gasteiger partial charge in [-0.2, -0.15) is 5.10 Å². The Bertz CT molecular complexity index is 2000. The topological polar surface area (TPSA) is 113 Å². The van der Waals surface area contributed by atoms with Gasteiger partial charge in [-0.25, -0.2) is 9.67 Å². The molecule has 5 aromatic rings. The fourth-order valence-electron chi connectivity index (χ4n) is 5.86. The number of nitrogens with zero attached hydrogens (tertiary/aromatic N) is 5. The van der Waals surface area contributed by atoms with E-state index in [0.717, 1.165) is 45.0 Å². The highest BCUT2D eigenvalue weighted by molar-refractivity contribution is 6.20. The maximum absolute atomic E-state index is 13.5. The molecule has 4 heterocycles. The molecule has 45 heavy (non-hydrogen) atoms. The number of imidazole rings is 1. The predicted molar refractivity (Wildman–Crippen MR) is 163 cm³/mol. The number of alkyl halides is 3. The molecule has 0 unspecified atom stereocenters. The van der Waals surface area contributed by atoms with Gasteiger partial charge in [0.2, 0.25) is 5.91 Å². The van der Waals surface area contributed by atoms with E-state index >= 15 is 0 Å². The SMILES string of the molecule is CC(C)C(=O)n1cc2c(n1)-c1cc(-c3cc(C(=O)Nc4ccc(OC(F)(F)Cl)cc4)cc4nc5n(c34)[C@H](C)COC5)cnc1C2. The zero-order chi connectivity index (χ0) is 31.6. The van der Waals surface area contributed by atoms with Crippen molar-refractivity contribution in [1.82, 2.24) is 24.3 Å². The number of fused-ring (bicyclic) bond motifs is 6. The van der Waals surface area contributed by atoms with E-state index in [-0.39, 0.29) is 23.6 Å². The van der Waals surface area contributed by atoms with Crippen LogP contribution in [0.15, 0.2) is 54.9 Å². The van der Waals surface area contributed by atoms with Gasteiger partial charge in [0.25, 0.3) is 5.91 Å². The molecule has 1 atom stereocenters. The van der Waals surface area contributed by atoms with E-state index < -0.39 is 11.5 Å². The van der Waals surface area contributed by atoms with Crippen molar-refractivity contribution < 1.29 is 27.8 Å². The van der Waals surface area contributed by atoms with Gasteiger partial charge in [0, 0.05) is 69.8 Å². The minimum absolute atomic E-state index is 0.00464. The second-order valence-electron chi connectivity index (χ2n) is 11.5. The summed E-state index contributed by atoms with van der Waals surface area (Å²) in [6.07, 6.45) is 4.12. The number of hydrogen-bond acceptors (Lipinski definition) is 7. The van der Waals surface area contributed by atoms with Crippen LogP contribution in [0.25, 0.3) is 33.4 Å². The van der Waals surface area contributed by atoms with Gasteiger partial charge in [0.1, 0.15) is 18.2 Å². The largest absolute Gasteiger partial charge is 0.487 e. The van der Waals surface area contributed by atoms with E-state index in [1.807, 2.05) is 26.8 Å². The predicted octanol–water partition coefficient (Wildman–Crippen LogP) is 6.67. The summed E-state index contributed by atoms with van der Waals surface area (Å²) >= 11 is 4.85. The number of carbonyl (C=O) groups excluding carboxylic acids is 2. The Morgan fingerprint density at radius 1 is 1.16 bits per heavy atom. The molecule has 3 aromatic heterocycles. The van der Waals surface area contributed by atoms with E-state index in [1.165, 1.54) is 28.9 Å². The van der Waals surface area contributed by atoms with Crippen LogP contribution in [0.4, 0.5) is 14.5 Å². The molecule has 0 saturated carbocycles. The number of amides is 1. The number of hydrogen-bond donors (Lipinski definition) is 1. The van der Waals surface area contributed by atoms with Gasteiger partial charge < -0.3 is 19.4 Å². The summed E-state index contributed by atoms with van der Waals surface area (Å²) in [4.78, 5) is 35.7. The smallest absolute Gasteiger partial charge is 0.420 e. The molecule has 0 fully saturated rings. The highest BCUT2D eigenvalue weighted by atomic mass is 35.5. The van der Waals surface area contributed by atoms with Gasteiger partial charge in [0.15, 0.2) is 0 Å². The van der Waals surface area contributed by atoms with Crippen LogP contribution in [0.3, 0.4) is 0 Å². The van der Waals surface area contributed by atoms with Crippen LogP contribution in [0.1, 0.15) is 59.0 Å². The number of rotatable bonds is 6. The average Bonchev–Trinajstić information content (AvgIpc) is 3.67. The molecule has 0 bridgehead atoms. The highest BCUT2D eigenvalue weighted by Crippen LogP contribution is 2.40. The summed E-state index contributed by atoms with van der Waals surface area (Å²) < 4.78 is 39.6. The van der Waals surface area contributed by atoms with E-state index in [1.54, 1.807) is 24.5 Å². The first-order valence-electron chi connectivity index (χ1n) is 14.4. The molecule has 1 N–H and O–H groups in total. The second kappa shape index (κ2) is 10.7. The third kappa shape index (κ3) is 5.33. The van der Waals surface area contributed by atoms with Crippen molar-refractivity contribution in [3.63, 3.8) is 0 Å². The third-order valence-corrected chi connectivity index (χ3v) is 7.98. The number of nitrogens with one attached hydrogen (secondary N) is 1. The Morgan fingerprint density at radius 3 is 2.67 bits per heavy atom. The molecule has 0 radical (unpaired) electrons. The standard InChI is InChI=1S/C32H27ClF2N6O4/c1-16(2)31(43)40-13-20-11-25-24(28(20)39-40)9-19(12-36-25)23-8-18(10-26-29(23)41-17(3)14-44-15-27(41)38-26)30(42)37-21-4-6-22(7-5-21)45-32(33,34)35/h4-10,12-13,16-17H,11,14-15H2,1-3H3,(H,37,42)/t17-/m1/s1. The highest BCUT2D eigenvalue weighted by Gasteiger charge is 2.29. The maximum atomic E-state index is 13.5. The lowest BCUT2D eigenvalue weighted by Gasteiger charge is -2.23. The summed E-state index contributed by atoms with van der Waals surface area (Å²) in [5.41, 5.74) is 3.18. The summed E-state index contributed by atoms with van der Waals surface area (Å²) in [5, 5.41) is 7.42. The fraction of sp³-hybridized carbons (Fsp3) is 0.281. The zero-order valence-corrected chi connectivity index (χ0v) is 25.2. The van der Waals surface area contributed by atoms with Crippen molar-refractivity contribution in [2.45, 2.75) is 45.4 Å². The van der Waals surface area contributed by atoms with Crippen molar-refractivity contribution in [1.29, 1.82) is 0 Å². The van der Waals surface area contributed by atoms with Crippen LogP contribution in [0.5, 0.6) is 5.75 Å². The number of carbonyl (C=O) groups is 2. The third-order valence-electron chi connectivity index (χ3n) is 7.90. The average molecular weight is 633 g/mol. The summed E-state index contributed by atoms with van der Waals surface area (Å²) in [6, 6.07) is 11.0. The number of halogens is 3. The Hall–Kier alpha value is -4.68. The molecule has 1 aliphatic carbocycles. The van der Waals surface area contributed by atoms with E-state index in [0.29, 0.717) is 36.4 Å². The molecule has 2 aromatic carbocycles. The van der Waals surface area contributed by atoms with Gasteiger partial charge >= 0.3 is 5.57 Å². The first-order valence-corrected chi connectivity index (χ1v) is 14.7. The van der Waals surface area contributed by atoms with E-state index in [4.69, 9.17) is 26.3 Å². The number of benzene rings is 2. The van der Waals surface area contributed by atoms with Gasteiger partial charge in [0.05, 0.1) is 35.1 Å². The molecule has 0 saturated heterocycles. The molecule has 10 nitrogen and oxygen atoms in total. The lowest BCUT2D eigenvalue weighted by atomic mass is 9.99. The van der Waals surface area contributed by atoms with Crippen LogP contribution in [0.2, 0.25) is 0 Å². The van der Waals surface area contributed by atoms with Crippen molar-refractivity contribution >= 4 is 40.1 Å². The van der Waals surface area contributed by atoms with Crippen LogP contribution < -0.4 is 10.1 Å². The lowest BCUT2D eigenvalue weighted by Crippen LogP contribution is -2.21. The van der Waals surface area contributed by atoms with Crippen LogP contribution in [0, 0.1) is 5.92 Å². The number of aromatic nitrogens is 5. The summed E-state index contributed by atoms with van der Waals surface area (Å²) in [5.74, 6) is -0.112. The monoisotopic (exact) mass is 632 g/mol. The van der Waals surface area contributed by atoms with Gasteiger partial charge in [-0.1, -0.05) is 13.8 Å². The fourth-order valence-corrected chi connectivity index (χ4v) is 5.94. The van der Waals surface area contributed by atoms with Crippen LogP contribution >= 0.6 is 11.6 Å². The first-order chi connectivity index (χ1) is 21.4. The molecule has 0 spiro atoms. The van der Waals surface area contributed by atoms with Crippen molar-refractivity contribution in [2.75, 3.05) is 11.9 Å². The van der Waals surface area contributed by atoms with Crippen molar-refractivity contribution in [3.05, 3.63) is 77.5 Å². The van der Waals surface area contributed by atoms with Crippen molar-refractivity contribution in [2.24, 2.45) is 5.92 Å². The number of ether oxygens (including phenoxy) is 2. The zero-order valence-electron chi connectivity index (χ0n) is 24.5. The first kappa shape index (κ1) is 29.1. The number of pyridine rings is 1. The van der Waals surface area contributed by atoms with E-state index in [2.05, 4.69) is 19.7 Å². The van der Waals surface area contributed by atoms with Crippen LogP contribution in [-0.4, -0.2) is 48.3 Å².